The highest BCUT2D eigenvalue weighted by atomic mass is 32.2. The van der Waals surface area contributed by atoms with Gasteiger partial charge in [0.2, 0.25) is 0 Å². The van der Waals surface area contributed by atoms with Gasteiger partial charge in [-0.15, -0.1) is 0 Å². The fourth-order valence-corrected chi connectivity index (χ4v) is 2.66. The zero-order chi connectivity index (χ0) is 14.3. The van der Waals surface area contributed by atoms with Gasteiger partial charge in [0.1, 0.15) is 15.6 Å². The molecule has 0 fully saturated rings. The van der Waals surface area contributed by atoms with Crippen molar-refractivity contribution >= 4 is 9.84 Å². The van der Waals surface area contributed by atoms with Gasteiger partial charge in [0, 0.05) is 5.75 Å². The summed E-state index contributed by atoms with van der Waals surface area (Å²) in [7, 11) is -2.94. The maximum absolute atomic E-state index is 11.3. The molecule has 1 atom stereocenters. The Morgan fingerprint density at radius 2 is 1.84 bits per heavy atom. The monoisotopic (exact) mass is 286 g/mol. The number of hydrogen-bond acceptors (Lipinski definition) is 4. The van der Waals surface area contributed by atoms with Gasteiger partial charge in [-0.3, -0.25) is 0 Å². The molecule has 0 aliphatic carbocycles. The first-order chi connectivity index (χ1) is 8.98. The van der Waals surface area contributed by atoms with Crippen LogP contribution in [-0.4, -0.2) is 31.6 Å². The van der Waals surface area contributed by atoms with Crippen LogP contribution in [0.25, 0.3) is 0 Å². The number of sulfone groups is 1. The van der Waals surface area contributed by atoms with Crippen molar-refractivity contribution in [3.8, 4) is 5.75 Å². The smallest absolute Gasteiger partial charge is 0.150 e. The second-order valence-electron chi connectivity index (χ2n) is 4.40. The summed E-state index contributed by atoms with van der Waals surface area (Å²) in [6.07, 6.45) is 0.306. The van der Waals surface area contributed by atoms with Crippen molar-refractivity contribution in [1.29, 1.82) is 0 Å². The van der Waals surface area contributed by atoms with E-state index in [9.17, 15) is 13.5 Å². The molecule has 0 aliphatic heterocycles. The number of ether oxygens (including phenoxy) is 1. The van der Waals surface area contributed by atoms with Crippen LogP contribution in [0.3, 0.4) is 0 Å². The molecule has 19 heavy (non-hydrogen) atoms. The summed E-state index contributed by atoms with van der Waals surface area (Å²) in [5, 5.41) is 9.98. The summed E-state index contributed by atoms with van der Waals surface area (Å²) in [5.74, 6) is 1.07. The second-order valence-corrected chi connectivity index (χ2v) is 6.87. The molecule has 0 amide bonds. The molecular formula is C14H22O4S. The Balaban J connectivity index is 2.47. The fraction of sp³-hybridized carbons (Fsp3) is 0.571. The maximum atomic E-state index is 11.3. The molecular weight excluding hydrogens is 264 g/mol. The Morgan fingerprint density at radius 1 is 1.21 bits per heavy atom. The van der Waals surface area contributed by atoms with Crippen molar-refractivity contribution in [2.45, 2.75) is 32.8 Å². The normalized spacial score (nSPS) is 13.2. The van der Waals surface area contributed by atoms with Crippen LogP contribution in [0, 0.1) is 0 Å². The van der Waals surface area contributed by atoms with Gasteiger partial charge >= 0.3 is 0 Å². The minimum Gasteiger partial charge on any atom is -0.494 e. The molecule has 1 aromatic rings. The van der Waals surface area contributed by atoms with E-state index in [-0.39, 0.29) is 11.5 Å². The first-order valence-corrected chi connectivity index (χ1v) is 8.42. The molecule has 1 aromatic carbocycles. The van der Waals surface area contributed by atoms with Crippen LogP contribution in [0.15, 0.2) is 24.3 Å². The van der Waals surface area contributed by atoms with Gasteiger partial charge < -0.3 is 9.84 Å². The quantitative estimate of drug-likeness (QED) is 0.796. The topological polar surface area (TPSA) is 63.6 Å². The van der Waals surface area contributed by atoms with E-state index >= 15 is 0 Å². The third kappa shape index (κ3) is 5.61. The first kappa shape index (κ1) is 16.0. The van der Waals surface area contributed by atoms with E-state index in [1.165, 1.54) is 0 Å². The summed E-state index contributed by atoms with van der Waals surface area (Å²) in [4.78, 5) is 0. The van der Waals surface area contributed by atoms with Crippen LogP contribution in [-0.2, 0) is 9.84 Å². The summed E-state index contributed by atoms with van der Waals surface area (Å²) in [6, 6.07) is 7.24. The van der Waals surface area contributed by atoms with E-state index in [0.717, 1.165) is 11.3 Å². The molecule has 1 unspecified atom stereocenters. The predicted molar refractivity (Wildman–Crippen MR) is 76.1 cm³/mol. The van der Waals surface area contributed by atoms with Gasteiger partial charge in [0.25, 0.3) is 0 Å². The van der Waals surface area contributed by atoms with Crippen LogP contribution in [0.4, 0.5) is 0 Å². The lowest BCUT2D eigenvalue weighted by molar-refractivity contribution is 0.166. The lowest BCUT2D eigenvalue weighted by atomic mass is 10.1. The van der Waals surface area contributed by atoms with Gasteiger partial charge in [-0.2, -0.15) is 0 Å². The second kappa shape index (κ2) is 7.50. The standard InChI is InChI=1S/C14H22O4S/c1-3-18-13-9-7-12(8-10-13)14(15)6-5-11-19(16,17)4-2/h7-10,14-15H,3-6,11H2,1-2H3. The van der Waals surface area contributed by atoms with Crippen molar-refractivity contribution in [2.24, 2.45) is 0 Å². The van der Waals surface area contributed by atoms with Crippen molar-refractivity contribution in [2.75, 3.05) is 18.1 Å². The maximum Gasteiger partial charge on any atom is 0.150 e. The number of aliphatic hydroxyl groups excluding tert-OH is 1. The molecule has 0 aromatic heterocycles. The van der Waals surface area contributed by atoms with Crippen LogP contribution in [0.2, 0.25) is 0 Å². The molecule has 0 spiro atoms. The lowest BCUT2D eigenvalue weighted by Gasteiger charge is -2.11. The summed E-state index contributed by atoms with van der Waals surface area (Å²) in [6.45, 7) is 4.16. The van der Waals surface area contributed by atoms with Gasteiger partial charge in [-0.05, 0) is 37.5 Å². The Bertz CT molecular complexity index is 465. The predicted octanol–water partition coefficient (Wildman–Crippen LogP) is 2.33. The molecule has 1 rings (SSSR count). The molecule has 0 heterocycles. The number of rotatable bonds is 8. The highest BCUT2D eigenvalue weighted by Crippen LogP contribution is 2.21. The average Bonchev–Trinajstić information content (AvgIpc) is 2.39. The summed E-state index contributed by atoms with van der Waals surface area (Å²) >= 11 is 0. The van der Waals surface area contributed by atoms with Gasteiger partial charge in [-0.25, -0.2) is 8.42 Å². The highest BCUT2D eigenvalue weighted by Gasteiger charge is 2.11. The molecule has 0 saturated carbocycles. The minimum atomic E-state index is -2.94. The lowest BCUT2D eigenvalue weighted by Crippen LogP contribution is -2.10. The number of aliphatic hydroxyl groups is 1. The molecule has 0 bridgehead atoms. The third-order valence-electron chi connectivity index (χ3n) is 2.95. The molecule has 0 aliphatic rings. The van der Waals surface area contributed by atoms with Crippen molar-refractivity contribution in [1.82, 2.24) is 0 Å². The first-order valence-electron chi connectivity index (χ1n) is 6.59. The molecule has 108 valence electrons. The zero-order valence-corrected chi connectivity index (χ0v) is 12.3. The molecule has 1 N–H and O–H groups in total. The van der Waals surface area contributed by atoms with Gasteiger partial charge in [0.05, 0.1) is 18.5 Å². The fourth-order valence-electron chi connectivity index (χ4n) is 1.76. The highest BCUT2D eigenvalue weighted by molar-refractivity contribution is 7.91. The largest absolute Gasteiger partial charge is 0.494 e. The molecule has 0 saturated heterocycles. The van der Waals surface area contributed by atoms with Crippen LogP contribution in [0.1, 0.15) is 38.4 Å². The van der Waals surface area contributed by atoms with Gasteiger partial charge in [0.15, 0.2) is 0 Å². The molecule has 5 heteroatoms. The van der Waals surface area contributed by atoms with E-state index < -0.39 is 15.9 Å². The minimum absolute atomic E-state index is 0.136. The van der Waals surface area contributed by atoms with Crippen molar-refractivity contribution in [3.05, 3.63) is 29.8 Å². The third-order valence-corrected chi connectivity index (χ3v) is 4.74. The van der Waals surface area contributed by atoms with E-state index in [1.54, 1.807) is 6.92 Å². The van der Waals surface area contributed by atoms with Crippen LogP contribution < -0.4 is 4.74 Å². The molecule has 4 nitrogen and oxygen atoms in total. The Labute approximate surface area is 115 Å². The SMILES string of the molecule is CCOc1ccc(C(O)CCCS(=O)(=O)CC)cc1. The van der Waals surface area contributed by atoms with Gasteiger partial charge in [-0.1, -0.05) is 19.1 Å². The van der Waals surface area contributed by atoms with E-state index in [0.29, 0.717) is 19.4 Å². The molecule has 0 radical (unpaired) electrons. The van der Waals surface area contributed by atoms with Crippen LogP contribution >= 0.6 is 0 Å². The van der Waals surface area contributed by atoms with E-state index in [4.69, 9.17) is 4.74 Å². The Hall–Kier alpha value is -1.07. The number of benzene rings is 1. The Kier molecular flexibility index (Phi) is 6.31. The summed E-state index contributed by atoms with van der Waals surface area (Å²) in [5.41, 5.74) is 0.789. The van der Waals surface area contributed by atoms with Crippen molar-refractivity contribution in [3.63, 3.8) is 0 Å². The van der Waals surface area contributed by atoms with Crippen molar-refractivity contribution < 1.29 is 18.3 Å². The average molecular weight is 286 g/mol. The van der Waals surface area contributed by atoms with Crippen LogP contribution in [0.5, 0.6) is 5.75 Å². The number of hydrogen-bond donors (Lipinski definition) is 1. The van der Waals surface area contributed by atoms with E-state index in [2.05, 4.69) is 0 Å². The Morgan fingerprint density at radius 3 is 2.37 bits per heavy atom. The summed E-state index contributed by atoms with van der Waals surface area (Å²) < 4.78 is 28.0. The van der Waals surface area contributed by atoms with E-state index in [1.807, 2.05) is 31.2 Å². The zero-order valence-electron chi connectivity index (χ0n) is 11.5.